The summed E-state index contributed by atoms with van der Waals surface area (Å²) in [7, 11) is 1.91. The molecule has 1 N–H and O–H groups in total. The van der Waals surface area contributed by atoms with E-state index in [0.717, 1.165) is 23.8 Å². The normalized spacial score (nSPS) is 13.3. The molecule has 1 aromatic heterocycles. The number of aromatic nitrogens is 2. The lowest BCUT2D eigenvalue weighted by molar-refractivity contribution is 0.332. The summed E-state index contributed by atoms with van der Waals surface area (Å²) in [4.78, 5) is 4.39. The Bertz CT molecular complexity index is 297. The van der Waals surface area contributed by atoms with E-state index >= 15 is 0 Å². The van der Waals surface area contributed by atoms with E-state index < -0.39 is 0 Å². The summed E-state index contributed by atoms with van der Waals surface area (Å²) in [6.07, 6.45) is 0.956. The van der Waals surface area contributed by atoms with Crippen LogP contribution in [0.2, 0.25) is 0 Å². The van der Waals surface area contributed by atoms with E-state index in [9.17, 15) is 0 Å². The molecule has 0 fully saturated rings. The molecule has 92 valence electrons. The second-order valence-electron chi connectivity index (χ2n) is 4.21. The van der Waals surface area contributed by atoms with E-state index in [1.807, 2.05) is 18.8 Å². The van der Waals surface area contributed by atoms with Gasteiger partial charge in [0.15, 0.2) is 5.82 Å². The van der Waals surface area contributed by atoms with Crippen LogP contribution in [-0.4, -0.2) is 22.9 Å². The van der Waals surface area contributed by atoms with Crippen LogP contribution in [0.1, 0.15) is 44.9 Å². The van der Waals surface area contributed by atoms with Crippen LogP contribution in [0.4, 0.5) is 0 Å². The van der Waals surface area contributed by atoms with E-state index in [0.29, 0.717) is 11.8 Å². The molecule has 0 radical (unpaired) electrons. The monoisotopic (exact) mass is 243 g/mol. The molecule has 0 aliphatic heterocycles. The van der Waals surface area contributed by atoms with Crippen LogP contribution < -0.4 is 5.32 Å². The zero-order valence-corrected chi connectivity index (χ0v) is 11.3. The van der Waals surface area contributed by atoms with Gasteiger partial charge in [0.25, 0.3) is 0 Å². The van der Waals surface area contributed by atoms with Crippen LogP contribution in [0.5, 0.6) is 0 Å². The fourth-order valence-electron chi connectivity index (χ4n) is 1.36. The fourth-order valence-corrected chi connectivity index (χ4v) is 2.24. The lowest BCUT2D eigenvalue weighted by Crippen LogP contribution is -2.15. The summed E-state index contributed by atoms with van der Waals surface area (Å²) in [6.45, 7) is 6.52. The number of thioether (sulfide) groups is 1. The van der Waals surface area contributed by atoms with Crippen molar-refractivity contribution in [2.75, 3.05) is 12.8 Å². The molecule has 16 heavy (non-hydrogen) atoms. The number of nitrogens with zero attached hydrogens (tertiary/aromatic N) is 2. The fraction of sp³-hybridized carbons (Fsp3) is 0.818. The van der Waals surface area contributed by atoms with Gasteiger partial charge in [-0.05, 0) is 25.1 Å². The molecule has 0 aromatic carbocycles. The summed E-state index contributed by atoms with van der Waals surface area (Å²) >= 11 is 1.85. The van der Waals surface area contributed by atoms with E-state index in [1.54, 1.807) is 0 Å². The average molecular weight is 243 g/mol. The second-order valence-corrected chi connectivity index (χ2v) is 5.24. The lowest BCUT2D eigenvalue weighted by Gasteiger charge is -2.06. The quantitative estimate of drug-likeness (QED) is 0.798. The first-order valence-electron chi connectivity index (χ1n) is 5.74. The van der Waals surface area contributed by atoms with Crippen molar-refractivity contribution < 1.29 is 4.52 Å². The predicted octanol–water partition coefficient (Wildman–Crippen LogP) is 2.63. The first kappa shape index (κ1) is 13.5. The van der Waals surface area contributed by atoms with Gasteiger partial charge in [-0.1, -0.05) is 25.9 Å². The molecule has 0 bridgehead atoms. The summed E-state index contributed by atoms with van der Waals surface area (Å²) in [6, 6.07) is 0.177. The first-order valence-corrected chi connectivity index (χ1v) is 6.90. The van der Waals surface area contributed by atoms with Gasteiger partial charge in [-0.25, -0.2) is 0 Å². The standard InChI is InChI=1S/C11H21N3OS/c1-5-9(12-4)11-13-10(14-15-11)7-16-6-8(2)3/h8-9,12H,5-7H2,1-4H3. The molecule has 0 saturated carbocycles. The van der Waals surface area contributed by atoms with Crippen LogP contribution in [0, 0.1) is 5.92 Å². The molecule has 1 rings (SSSR count). The van der Waals surface area contributed by atoms with Crippen molar-refractivity contribution in [3.8, 4) is 0 Å². The highest BCUT2D eigenvalue weighted by Gasteiger charge is 2.14. The number of hydrogen-bond donors (Lipinski definition) is 1. The Balaban J connectivity index is 2.44. The van der Waals surface area contributed by atoms with Crippen LogP contribution in [0.3, 0.4) is 0 Å². The van der Waals surface area contributed by atoms with Gasteiger partial charge in [-0.3, -0.25) is 0 Å². The third kappa shape index (κ3) is 4.14. The van der Waals surface area contributed by atoms with Crippen molar-refractivity contribution in [3.05, 3.63) is 11.7 Å². The highest BCUT2D eigenvalue weighted by Crippen LogP contribution is 2.17. The minimum atomic E-state index is 0.177. The number of rotatable bonds is 7. The van der Waals surface area contributed by atoms with E-state index in [2.05, 4.69) is 36.2 Å². The van der Waals surface area contributed by atoms with Gasteiger partial charge in [0, 0.05) is 0 Å². The highest BCUT2D eigenvalue weighted by molar-refractivity contribution is 7.98. The Morgan fingerprint density at radius 2 is 2.19 bits per heavy atom. The molecular weight excluding hydrogens is 222 g/mol. The molecule has 4 nitrogen and oxygen atoms in total. The second kappa shape index (κ2) is 6.91. The van der Waals surface area contributed by atoms with Gasteiger partial charge in [-0.15, -0.1) is 0 Å². The predicted molar refractivity (Wildman–Crippen MR) is 67.4 cm³/mol. The maximum absolute atomic E-state index is 5.23. The molecule has 0 amide bonds. The van der Waals surface area contributed by atoms with Crippen molar-refractivity contribution in [1.29, 1.82) is 0 Å². The Labute approximate surface area is 102 Å². The van der Waals surface area contributed by atoms with Crippen molar-refractivity contribution >= 4 is 11.8 Å². The SMILES string of the molecule is CCC(NC)c1nc(CSCC(C)C)no1. The van der Waals surface area contributed by atoms with Gasteiger partial charge in [0.1, 0.15) is 0 Å². The van der Waals surface area contributed by atoms with Gasteiger partial charge < -0.3 is 9.84 Å². The highest BCUT2D eigenvalue weighted by atomic mass is 32.2. The summed E-state index contributed by atoms with van der Waals surface area (Å²) in [5, 5.41) is 7.14. The van der Waals surface area contributed by atoms with Gasteiger partial charge >= 0.3 is 0 Å². The zero-order valence-electron chi connectivity index (χ0n) is 10.5. The Morgan fingerprint density at radius 3 is 2.75 bits per heavy atom. The van der Waals surface area contributed by atoms with E-state index in [1.165, 1.54) is 0 Å². The van der Waals surface area contributed by atoms with Crippen molar-refractivity contribution in [2.45, 2.75) is 39.0 Å². The van der Waals surface area contributed by atoms with E-state index in [-0.39, 0.29) is 6.04 Å². The summed E-state index contributed by atoms with van der Waals surface area (Å²) in [5.41, 5.74) is 0. The van der Waals surface area contributed by atoms with Crippen molar-refractivity contribution in [2.24, 2.45) is 5.92 Å². The number of hydrogen-bond acceptors (Lipinski definition) is 5. The zero-order chi connectivity index (χ0) is 12.0. The van der Waals surface area contributed by atoms with Gasteiger partial charge in [-0.2, -0.15) is 16.7 Å². The van der Waals surface area contributed by atoms with Crippen LogP contribution in [0.15, 0.2) is 4.52 Å². The lowest BCUT2D eigenvalue weighted by atomic mass is 10.2. The Morgan fingerprint density at radius 1 is 1.44 bits per heavy atom. The molecule has 1 heterocycles. The molecule has 0 aliphatic carbocycles. The molecule has 1 aromatic rings. The molecule has 1 atom stereocenters. The van der Waals surface area contributed by atoms with Crippen LogP contribution in [0.25, 0.3) is 0 Å². The average Bonchev–Trinajstić information content (AvgIpc) is 2.68. The third-order valence-electron chi connectivity index (χ3n) is 2.22. The Hall–Kier alpha value is -0.550. The topological polar surface area (TPSA) is 51.0 Å². The van der Waals surface area contributed by atoms with E-state index in [4.69, 9.17) is 4.52 Å². The third-order valence-corrected chi connectivity index (χ3v) is 3.59. The van der Waals surface area contributed by atoms with Crippen molar-refractivity contribution in [1.82, 2.24) is 15.5 Å². The summed E-state index contributed by atoms with van der Waals surface area (Å²) < 4.78 is 5.23. The molecule has 0 spiro atoms. The molecular formula is C11H21N3OS. The molecule has 1 unspecified atom stereocenters. The van der Waals surface area contributed by atoms with Gasteiger partial charge in [0.2, 0.25) is 5.89 Å². The maximum atomic E-state index is 5.23. The molecule has 0 aliphatic rings. The molecule has 5 heteroatoms. The van der Waals surface area contributed by atoms with Crippen LogP contribution >= 0.6 is 11.8 Å². The summed E-state index contributed by atoms with van der Waals surface area (Å²) in [5.74, 6) is 4.17. The largest absolute Gasteiger partial charge is 0.338 e. The van der Waals surface area contributed by atoms with Crippen LogP contribution in [-0.2, 0) is 5.75 Å². The maximum Gasteiger partial charge on any atom is 0.243 e. The smallest absolute Gasteiger partial charge is 0.243 e. The Kier molecular flexibility index (Phi) is 5.84. The number of nitrogens with one attached hydrogen (secondary N) is 1. The minimum Gasteiger partial charge on any atom is -0.338 e. The molecule has 0 saturated heterocycles. The van der Waals surface area contributed by atoms with Crippen molar-refractivity contribution in [3.63, 3.8) is 0 Å². The van der Waals surface area contributed by atoms with Gasteiger partial charge in [0.05, 0.1) is 11.8 Å². The first-order chi connectivity index (χ1) is 7.67. The minimum absolute atomic E-state index is 0.177.